The minimum atomic E-state index is -0.141. The summed E-state index contributed by atoms with van der Waals surface area (Å²) in [5.41, 5.74) is 5.40. The Hall–Kier alpha value is -0.900. The summed E-state index contributed by atoms with van der Waals surface area (Å²) in [4.78, 5) is 0. The third-order valence-electron chi connectivity index (χ3n) is 4.00. The van der Waals surface area contributed by atoms with E-state index in [2.05, 4.69) is 43.5 Å². The van der Waals surface area contributed by atoms with Gasteiger partial charge in [-0.1, -0.05) is 29.8 Å². The van der Waals surface area contributed by atoms with Gasteiger partial charge in [-0.15, -0.1) is 0 Å². The lowest BCUT2D eigenvalue weighted by Gasteiger charge is -2.40. The predicted octanol–water partition coefficient (Wildman–Crippen LogP) is 2.33. The summed E-state index contributed by atoms with van der Waals surface area (Å²) in [5, 5.41) is 0. The number of aryl methyl sites for hydroxylation is 1. The molecule has 0 amide bonds. The molecule has 3 N–H and O–H groups in total. The molecule has 3 nitrogen and oxygen atoms in total. The lowest BCUT2D eigenvalue weighted by Crippen LogP contribution is -2.55. The molecule has 1 aliphatic heterocycles. The molecule has 0 radical (unpaired) electrons. The van der Waals surface area contributed by atoms with Crippen LogP contribution in [0, 0.1) is 6.92 Å². The molecular weight excluding hydrogens is 224 g/mol. The Kier molecular flexibility index (Phi) is 4.38. The molecule has 0 aromatic heterocycles. The van der Waals surface area contributed by atoms with E-state index < -0.39 is 0 Å². The van der Waals surface area contributed by atoms with E-state index in [-0.39, 0.29) is 11.6 Å². The van der Waals surface area contributed by atoms with Gasteiger partial charge in [0.15, 0.2) is 0 Å². The van der Waals surface area contributed by atoms with Gasteiger partial charge in [0.1, 0.15) is 0 Å². The van der Waals surface area contributed by atoms with E-state index in [4.69, 9.17) is 10.6 Å². The van der Waals surface area contributed by atoms with Crippen LogP contribution in [-0.2, 0) is 11.2 Å². The standard InChI is InChI=1S/C15H24N2O/c1-12-5-7-13(8-6-12)11-14(17-16)15(2)9-3-4-10-18-15/h5-8,14,17H,3-4,9-11,16H2,1-2H3. The smallest absolute Gasteiger partial charge is 0.0823 e. The first-order chi connectivity index (χ1) is 8.64. The Bertz CT molecular complexity index is 369. The number of rotatable bonds is 4. The summed E-state index contributed by atoms with van der Waals surface area (Å²) in [5.74, 6) is 5.74. The third-order valence-corrected chi connectivity index (χ3v) is 4.00. The van der Waals surface area contributed by atoms with Crippen molar-refractivity contribution in [3.63, 3.8) is 0 Å². The summed E-state index contributed by atoms with van der Waals surface area (Å²) < 4.78 is 5.97. The molecule has 1 fully saturated rings. The Balaban J connectivity index is 2.06. The van der Waals surface area contributed by atoms with E-state index in [1.165, 1.54) is 17.5 Å². The fourth-order valence-corrected chi connectivity index (χ4v) is 2.64. The van der Waals surface area contributed by atoms with Crippen LogP contribution in [-0.4, -0.2) is 18.2 Å². The number of benzene rings is 1. The molecule has 1 aliphatic rings. The molecule has 100 valence electrons. The molecule has 0 spiro atoms. The van der Waals surface area contributed by atoms with Crippen LogP contribution in [0.1, 0.15) is 37.3 Å². The maximum atomic E-state index is 5.97. The molecule has 1 heterocycles. The second-order valence-electron chi connectivity index (χ2n) is 5.53. The van der Waals surface area contributed by atoms with Crippen molar-refractivity contribution in [3.8, 4) is 0 Å². The first kappa shape index (κ1) is 13.5. The zero-order valence-corrected chi connectivity index (χ0v) is 11.4. The average Bonchev–Trinajstić information content (AvgIpc) is 2.38. The van der Waals surface area contributed by atoms with Crippen molar-refractivity contribution in [2.45, 2.75) is 51.2 Å². The van der Waals surface area contributed by atoms with Crippen LogP contribution in [0.4, 0.5) is 0 Å². The summed E-state index contributed by atoms with van der Waals surface area (Å²) in [6.45, 7) is 5.13. The molecule has 1 saturated heterocycles. The van der Waals surface area contributed by atoms with Crippen LogP contribution in [0.2, 0.25) is 0 Å². The monoisotopic (exact) mass is 248 g/mol. The lowest BCUT2D eigenvalue weighted by molar-refractivity contribution is -0.0884. The fourth-order valence-electron chi connectivity index (χ4n) is 2.64. The highest BCUT2D eigenvalue weighted by Crippen LogP contribution is 2.29. The zero-order valence-electron chi connectivity index (χ0n) is 11.4. The van der Waals surface area contributed by atoms with E-state index in [0.717, 1.165) is 25.9 Å². The molecule has 2 rings (SSSR count). The molecule has 0 bridgehead atoms. The van der Waals surface area contributed by atoms with Gasteiger partial charge >= 0.3 is 0 Å². The minimum absolute atomic E-state index is 0.141. The van der Waals surface area contributed by atoms with Crippen molar-refractivity contribution in [1.82, 2.24) is 5.43 Å². The van der Waals surface area contributed by atoms with Crippen LogP contribution in [0.15, 0.2) is 24.3 Å². The number of hydrazine groups is 1. The minimum Gasteiger partial charge on any atom is -0.374 e. The summed E-state index contributed by atoms with van der Waals surface area (Å²) in [6.07, 6.45) is 4.38. The largest absolute Gasteiger partial charge is 0.374 e. The summed E-state index contributed by atoms with van der Waals surface area (Å²) >= 11 is 0. The maximum absolute atomic E-state index is 5.97. The number of hydrogen-bond acceptors (Lipinski definition) is 3. The van der Waals surface area contributed by atoms with Crippen molar-refractivity contribution < 1.29 is 4.74 Å². The molecule has 18 heavy (non-hydrogen) atoms. The van der Waals surface area contributed by atoms with Gasteiger partial charge in [-0.05, 0) is 45.1 Å². The number of nitrogens with two attached hydrogens (primary N) is 1. The molecule has 3 heteroatoms. The molecule has 1 aromatic carbocycles. The van der Waals surface area contributed by atoms with Crippen molar-refractivity contribution >= 4 is 0 Å². The van der Waals surface area contributed by atoms with Gasteiger partial charge in [0.2, 0.25) is 0 Å². The third kappa shape index (κ3) is 3.10. The number of nitrogens with one attached hydrogen (secondary N) is 1. The first-order valence-corrected chi connectivity index (χ1v) is 6.80. The number of hydrogen-bond donors (Lipinski definition) is 2. The van der Waals surface area contributed by atoms with Crippen molar-refractivity contribution in [3.05, 3.63) is 35.4 Å². The Morgan fingerprint density at radius 3 is 2.61 bits per heavy atom. The van der Waals surface area contributed by atoms with Crippen LogP contribution < -0.4 is 11.3 Å². The molecular formula is C15H24N2O. The van der Waals surface area contributed by atoms with Gasteiger partial charge < -0.3 is 4.74 Å². The van der Waals surface area contributed by atoms with Gasteiger partial charge in [-0.3, -0.25) is 11.3 Å². The Morgan fingerprint density at radius 2 is 2.06 bits per heavy atom. The Labute approximate surface area is 110 Å². The second-order valence-corrected chi connectivity index (χ2v) is 5.53. The first-order valence-electron chi connectivity index (χ1n) is 6.80. The van der Waals surface area contributed by atoms with Crippen LogP contribution in [0.5, 0.6) is 0 Å². The predicted molar refractivity (Wildman–Crippen MR) is 74.2 cm³/mol. The fraction of sp³-hybridized carbons (Fsp3) is 0.600. The highest BCUT2D eigenvalue weighted by molar-refractivity contribution is 5.22. The van der Waals surface area contributed by atoms with Crippen molar-refractivity contribution in [2.24, 2.45) is 5.84 Å². The highest BCUT2D eigenvalue weighted by Gasteiger charge is 2.36. The number of ether oxygens (including phenoxy) is 1. The van der Waals surface area contributed by atoms with Crippen LogP contribution in [0.25, 0.3) is 0 Å². The lowest BCUT2D eigenvalue weighted by atomic mass is 9.85. The van der Waals surface area contributed by atoms with E-state index in [0.29, 0.717) is 0 Å². The van der Waals surface area contributed by atoms with E-state index in [1.54, 1.807) is 0 Å². The van der Waals surface area contributed by atoms with E-state index >= 15 is 0 Å². The van der Waals surface area contributed by atoms with Gasteiger partial charge in [0, 0.05) is 6.61 Å². The normalized spacial score (nSPS) is 25.9. The Morgan fingerprint density at radius 1 is 1.33 bits per heavy atom. The van der Waals surface area contributed by atoms with E-state index in [1.807, 2.05) is 0 Å². The van der Waals surface area contributed by atoms with Crippen LogP contribution in [0.3, 0.4) is 0 Å². The van der Waals surface area contributed by atoms with Crippen molar-refractivity contribution in [1.29, 1.82) is 0 Å². The topological polar surface area (TPSA) is 47.3 Å². The van der Waals surface area contributed by atoms with Gasteiger partial charge in [-0.2, -0.15) is 0 Å². The van der Waals surface area contributed by atoms with Gasteiger partial charge in [0.05, 0.1) is 11.6 Å². The quantitative estimate of drug-likeness (QED) is 0.635. The van der Waals surface area contributed by atoms with Crippen LogP contribution >= 0.6 is 0 Å². The zero-order chi connectivity index (χ0) is 13.0. The molecule has 2 unspecified atom stereocenters. The second kappa shape index (κ2) is 5.83. The van der Waals surface area contributed by atoms with Crippen molar-refractivity contribution in [2.75, 3.05) is 6.61 Å². The molecule has 1 aromatic rings. The SMILES string of the molecule is Cc1ccc(CC(NN)C2(C)CCCCO2)cc1. The molecule has 0 saturated carbocycles. The molecule has 2 atom stereocenters. The summed E-state index contributed by atoms with van der Waals surface area (Å²) in [7, 11) is 0. The average molecular weight is 248 g/mol. The summed E-state index contributed by atoms with van der Waals surface area (Å²) in [6, 6.07) is 8.80. The maximum Gasteiger partial charge on any atom is 0.0823 e. The molecule has 0 aliphatic carbocycles. The van der Waals surface area contributed by atoms with Gasteiger partial charge in [0.25, 0.3) is 0 Å². The highest BCUT2D eigenvalue weighted by atomic mass is 16.5. The van der Waals surface area contributed by atoms with E-state index in [9.17, 15) is 0 Å². The van der Waals surface area contributed by atoms with Gasteiger partial charge in [-0.25, -0.2) is 0 Å².